The van der Waals surface area contributed by atoms with Crippen molar-refractivity contribution in [1.82, 2.24) is 5.32 Å². The quantitative estimate of drug-likeness (QED) is 0.769. The van der Waals surface area contributed by atoms with Crippen LogP contribution in [0, 0.1) is 5.92 Å². The van der Waals surface area contributed by atoms with Gasteiger partial charge >= 0.3 is 0 Å². The van der Waals surface area contributed by atoms with Gasteiger partial charge in [0, 0.05) is 31.4 Å². The molecule has 2 N–H and O–H groups in total. The fraction of sp³-hybridized carbons (Fsp3) is 0.647. The van der Waals surface area contributed by atoms with Crippen LogP contribution < -0.4 is 15.0 Å². The number of aliphatic hydroxyl groups is 1. The maximum absolute atomic E-state index is 10.0. The maximum Gasteiger partial charge on any atom is 0.120 e. The minimum Gasteiger partial charge on any atom is -0.497 e. The zero-order valence-electron chi connectivity index (χ0n) is 13.0. The summed E-state index contributed by atoms with van der Waals surface area (Å²) in [6.07, 6.45) is 4.95. The van der Waals surface area contributed by atoms with Gasteiger partial charge in [0.1, 0.15) is 5.75 Å². The molecular formula is C17H26N2O2. The van der Waals surface area contributed by atoms with Gasteiger partial charge in [-0.25, -0.2) is 0 Å². The smallest absolute Gasteiger partial charge is 0.120 e. The molecule has 1 unspecified atom stereocenters. The minimum absolute atomic E-state index is 0.154. The van der Waals surface area contributed by atoms with Crippen molar-refractivity contribution in [3.63, 3.8) is 0 Å². The molecule has 1 atom stereocenters. The van der Waals surface area contributed by atoms with E-state index in [1.165, 1.54) is 25.7 Å². The van der Waals surface area contributed by atoms with Gasteiger partial charge < -0.3 is 20.1 Å². The lowest BCUT2D eigenvalue weighted by molar-refractivity contribution is 0.142. The van der Waals surface area contributed by atoms with Gasteiger partial charge in [-0.05, 0) is 43.7 Å². The van der Waals surface area contributed by atoms with Crippen LogP contribution in [0.25, 0.3) is 0 Å². The molecule has 0 aromatic heterocycles. The summed E-state index contributed by atoms with van der Waals surface area (Å²) >= 11 is 0. The number of nitrogens with one attached hydrogen (secondary N) is 1. The molecule has 2 aliphatic carbocycles. The van der Waals surface area contributed by atoms with E-state index in [-0.39, 0.29) is 12.1 Å². The highest BCUT2D eigenvalue weighted by molar-refractivity contribution is 5.50. The molecule has 0 aliphatic heterocycles. The average molecular weight is 290 g/mol. The first-order valence-corrected chi connectivity index (χ1v) is 7.90. The summed E-state index contributed by atoms with van der Waals surface area (Å²) in [5, 5.41) is 13.8. The van der Waals surface area contributed by atoms with Crippen molar-refractivity contribution in [3.8, 4) is 5.75 Å². The van der Waals surface area contributed by atoms with Crippen molar-refractivity contribution in [1.29, 1.82) is 0 Å². The molecule has 2 saturated carbocycles. The Morgan fingerprint density at radius 2 is 2.10 bits per heavy atom. The Morgan fingerprint density at radius 3 is 2.67 bits per heavy atom. The van der Waals surface area contributed by atoms with E-state index in [1.807, 2.05) is 18.2 Å². The monoisotopic (exact) mass is 290 g/mol. The van der Waals surface area contributed by atoms with E-state index in [4.69, 9.17) is 4.74 Å². The highest BCUT2D eigenvalue weighted by Gasteiger charge is 2.47. The summed E-state index contributed by atoms with van der Waals surface area (Å²) in [5.41, 5.74) is 0.976. The molecule has 21 heavy (non-hydrogen) atoms. The molecule has 0 bridgehead atoms. The zero-order valence-corrected chi connectivity index (χ0v) is 13.0. The lowest BCUT2D eigenvalue weighted by Crippen LogP contribution is -2.58. The highest BCUT2D eigenvalue weighted by Crippen LogP contribution is 2.42. The number of likely N-dealkylation sites (N-methyl/N-ethyl adjacent to an activating group) is 1. The van der Waals surface area contributed by atoms with Crippen LogP contribution in [0.1, 0.15) is 25.7 Å². The molecule has 2 fully saturated rings. The number of ether oxygens (including phenoxy) is 1. The number of benzene rings is 1. The van der Waals surface area contributed by atoms with Crippen LogP contribution >= 0.6 is 0 Å². The topological polar surface area (TPSA) is 44.7 Å². The van der Waals surface area contributed by atoms with E-state index >= 15 is 0 Å². The molecule has 116 valence electrons. The summed E-state index contributed by atoms with van der Waals surface area (Å²) in [6.45, 7) is 1.04. The van der Waals surface area contributed by atoms with E-state index < -0.39 is 0 Å². The van der Waals surface area contributed by atoms with E-state index in [2.05, 4.69) is 23.3 Å². The molecule has 0 heterocycles. The Morgan fingerprint density at radius 1 is 1.33 bits per heavy atom. The number of aliphatic hydroxyl groups excluding tert-OH is 1. The first-order chi connectivity index (χ1) is 10.2. The van der Waals surface area contributed by atoms with E-state index in [0.29, 0.717) is 12.0 Å². The predicted molar refractivity (Wildman–Crippen MR) is 85.0 cm³/mol. The standard InChI is InChI=1S/C17H26N2O2/c1-19(15-4-3-5-16(10-15)21-2)11-17(12-20,13-6-7-13)18-14-8-9-14/h3-5,10,13-14,18,20H,6-9,11-12H2,1-2H3. The Labute approximate surface area is 127 Å². The second-order valence-electron chi connectivity index (χ2n) is 6.56. The number of hydrogen-bond acceptors (Lipinski definition) is 4. The van der Waals surface area contributed by atoms with Gasteiger partial charge in [-0.2, -0.15) is 0 Å². The summed E-state index contributed by atoms with van der Waals surface area (Å²) < 4.78 is 5.30. The van der Waals surface area contributed by atoms with Crippen molar-refractivity contribution in [2.45, 2.75) is 37.3 Å². The molecule has 1 aromatic rings. The first-order valence-electron chi connectivity index (χ1n) is 7.90. The largest absolute Gasteiger partial charge is 0.497 e. The van der Waals surface area contributed by atoms with Gasteiger partial charge in [0.15, 0.2) is 0 Å². The number of rotatable bonds is 8. The summed E-state index contributed by atoms with van der Waals surface area (Å²) in [6, 6.07) is 8.72. The van der Waals surface area contributed by atoms with Gasteiger partial charge in [-0.3, -0.25) is 0 Å². The van der Waals surface area contributed by atoms with Crippen molar-refractivity contribution in [2.24, 2.45) is 5.92 Å². The van der Waals surface area contributed by atoms with Gasteiger partial charge in [0.2, 0.25) is 0 Å². The molecule has 2 aliphatic rings. The van der Waals surface area contributed by atoms with Crippen molar-refractivity contribution < 1.29 is 9.84 Å². The minimum atomic E-state index is -0.154. The van der Waals surface area contributed by atoms with Gasteiger partial charge in [0.25, 0.3) is 0 Å². The predicted octanol–water partition coefficient (Wildman–Crippen LogP) is 2.02. The van der Waals surface area contributed by atoms with Crippen molar-refractivity contribution in [3.05, 3.63) is 24.3 Å². The van der Waals surface area contributed by atoms with Crippen LogP contribution in [0.3, 0.4) is 0 Å². The van der Waals surface area contributed by atoms with Crippen LogP contribution in [0.15, 0.2) is 24.3 Å². The average Bonchev–Trinajstić information content (AvgIpc) is 3.39. The Bertz CT molecular complexity index is 485. The Hall–Kier alpha value is -1.26. The van der Waals surface area contributed by atoms with E-state index in [1.54, 1.807) is 7.11 Å². The SMILES string of the molecule is COc1cccc(N(C)CC(CO)(NC2CC2)C2CC2)c1. The van der Waals surface area contributed by atoms with E-state index in [9.17, 15) is 5.11 Å². The van der Waals surface area contributed by atoms with Crippen LogP contribution in [0.4, 0.5) is 5.69 Å². The fourth-order valence-electron chi connectivity index (χ4n) is 3.15. The van der Waals surface area contributed by atoms with Gasteiger partial charge in [0.05, 0.1) is 19.3 Å². The van der Waals surface area contributed by atoms with Crippen LogP contribution in [0.5, 0.6) is 5.75 Å². The maximum atomic E-state index is 10.0. The number of anilines is 1. The third kappa shape index (κ3) is 3.33. The Kier molecular flexibility index (Phi) is 4.09. The summed E-state index contributed by atoms with van der Waals surface area (Å²) in [4.78, 5) is 2.23. The van der Waals surface area contributed by atoms with Crippen molar-refractivity contribution >= 4 is 5.69 Å². The molecule has 3 rings (SSSR count). The van der Waals surface area contributed by atoms with Gasteiger partial charge in [-0.1, -0.05) is 6.07 Å². The summed E-state index contributed by atoms with van der Waals surface area (Å²) in [7, 11) is 3.78. The molecule has 0 spiro atoms. The molecule has 1 aromatic carbocycles. The van der Waals surface area contributed by atoms with Crippen molar-refractivity contribution in [2.75, 3.05) is 32.2 Å². The van der Waals surface area contributed by atoms with Gasteiger partial charge in [-0.15, -0.1) is 0 Å². The molecule has 4 heteroatoms. The highest BCUT2D eigenvalue weighted by atomic mass is 16.5. The second-order valence-corrected chi connectivity index (χ2v) is 6.56. The van der Waals surface area contributed by atoms with Crippen LogP contribution in [-0.2, 0) is 0 Å². The van der Waals surface area contributed by atoms with Crippen LogP contribution in [0.2, 0.25) is 0 Å². The van der Waals surface area contributed by atoms with Crippen LogP contribution in [-0.4, -0.2) is 44.0 Å². The third-order valence-electron chi connectivity index (χ3n) is 4.72. The summed E-state index contributed by atoms with van der Waals surface area (Å²) in [5.74, 6) is 1.48. The number of methoxy groups -OCH3 is 1. The molecular weight excluding hydrogens is 264 g/mol. The lowest BCUT2D eigenvalue weighted by Gasteiger charge is -2.38. The number of nitrogens with zero attached hydrogens (tertiary/aromatic N) is 1. The number of hydrogen-bond donors (Lipinski definition) is 2. The molecule has 4 nitrogen and oxygen atoms in total. The third-order valence-corrected chi connectivity index (χ3v) is 4.72. The molecule has 0 saturated heterocycles. The van der Waals surface area contributed by atoms with E-state index in [0.717, 1.165) is 18.0 Å². The fourth-order valence-corrected chi connectivity index (χ4v) is 3.15. The lowest BCUT2D eigenvalue weighted by atomic mass is 9.92. The second kappa shape index (κ2) is 5.85. The Balaban J connectivity index is 1.74. The molecule has 0 amide bonds. The molecule has 0 radical (unpaired) electrons. The normalized spacial score (nSPS) is 20.9. The zero-order chi connectivity index (χ0) is 14.9. The first kappa shape index (κ1) is 14.7.